The van der Waals surface area contributed by atoms with Crippen LogP contribution in [0.4, 0.5) is 0 Å². The first-order valence-electron chi connectivity index (χ1n) is 6.12. The largest absolute Gasteiger partial charge is 0.477 e. The zero-order chi connectivity index (χ0) is 13.2. The van der Waals surface area contributed by atoms with Crippen LogP contribution in [-0.2, 0) is 5.41 Å². The predicted molar refractivity (Wildman–Crippen MR) is 73.9 cm³/mol. The monoisotopic (exact) mass is 242 g/mol. The van der Waals surface area contributed by atoms with Gasteiger partial charge in [-0.15, -0.1) is 6.58 Å². The minimum atomic E-state index is -0.268. The SMILES string of the molecule is C=CC(C)(C)c1nc(OCC)c2ccccc2n1. The van der Waals surface area contributed by atoms with Crippen LogP contribution < -0.4 is 4.74 Å². The third-order valence-corrected chi connectivity index (χ3v) is 2.94. The molecule has 0 radical (unpaired) electrons. The Balaban J connectivity index is 2.68. The Morgan fingerprint density at radius 2 is 2.00 bits per heavy atom. The molecule has 0 N–H and O–H groups in total. The average Bonchev–Trinajstić information content (AvgIpc) is 2.39. The van der Waals surface area contributed by atoms with E-state index >= 15 is 0 Å². The van der Waals surface area contributed by atoms with Gasteiger partial charge in [0.15, 0.2) is 0 Å². The summed E-state index contributed by atoms with van der Waals surface area (Å²) in [5.41, 5.74) is 0.636. The van der Waals surface area contributed by atoms with Crippen LogP contribution in [0.15, 0.2) is 36.9 Å². The molecule has 0 saturated carbocycles. The second kappa shape index (κ2) is 4.77. The molecule has 0 aliphatic carbocycles. The molecule has 94 valence electrons. The van der Waals surface area contributed by atoms with Gasteiger partial charge in [-0.05, 0) is 32.9 Å². The number of fused-ring (bicyclic) bond motifs is 1. The fourth-order valence-electron chi connectivity index (χ4n) is 1.67. The lowest BCUT2D eigenvalue weighted by molar-refractivity contribution is 0.328. The zero-order valence-corrected chi connectivity index (χ0v) is 11.1. The number of allylic oxidation sites excluding steroid dienone is 1. The van der Waals surface area contributed by atoms with Gasteiger partial charge in [-0.1, -0.05) is 18.2 Å². The van der Waals surface area contributed by atoms with Crippen molar-refractivity contribution in [2.24, 2.45) is 0 Å². The van der Waals surface area contributed by atoms with Crippen LogP contribution in [-0.4, -0.2) is 16.6 Å². The van der Waals surface area contributed by atoms with Crippen LogP contribution in [0.3, 0.4) is 0 Å². The number of benzene rings is 1. The number of ether oxygens (including phenoxy) is 1. The Labute approximate surface area is 108 Å². The van der Waals surface area contributed by atoms with Crippen LogP contribution in [0.2, 0.25) is 0 Å². The molecule has 0 amide bonds. The third-order valence-electron chi connectivity index (χ3n) is 2.94. The van der Waals surface area contributed by atoms with Crippen molar-refractivity contribution >= 4 is 10.9 Å². The summed E-state index contributed by atoms with van der Waals surface area (Å²) in [5, 5.41) is 0.947. The number of rotatable bonds is 4. The first kappa shape index (κ1) is 12.6. The molecule has 1 aromatic carbocycles. The van der Waals surface area contributed by atoms with Crippen LogP contribution in [0, 0.1) is 0 Å². The van der Waals surface area contributed by atoms with E-state index in [-0.39, 0.29) is 5.41 Å². The van der Waals surface area contributed by atoms with Gasteiger partial charge < -0.3 is 4.74 Å². The van der Waals surface area contributed by atoms with Crippen molar-refractivity contribution in [2.45, 2.75) is 26.2 Å². The fraction of sp³-hybridized carbons (Fsp3) is 0.333. The summed E-state index contributed by atoms with van der Waals surface area (Å²) in [7, 11) is 0. The topological polar surface area (TPSA) is 35.0 Å². The summed E-state index contributed by atoms with van der Waals surface area (Å²) < 4.78 is 5.61. The van der Waals surface area contributed by atoms with Crippen molar-refractivity contribution < 1.29 is 4.74 Å². The molecule has 2 rings (SSSR count). The molecule has 0 fully saturated rings. The van der Waals surface area contributed by atoms with E-state index in [0.29, 0.717) is 12.5 Å². The molecule has 0 saturated heterocycles. The lowest BCUT2D eigenvalue weighted by Crippen LogP contribution is -2.18. The summed E-state index contributed by atoms with van der Waals surface area (Å²) in [5.74, 6) is 1.38. The zero-order valence-electron chi connectivity index (χ0n) is 11.1. The molecule has 2 aromatic rings. The minimum Gasteiger partial charge on any atom is -0.477 e. The van der Waals surface area contributed by atoms with Gasteiger partial charge in [0, 0.05) is 5.41 Å². The van der Waals surface area contributed by atoms with Gasteiger partial charge in [0.25, 0.3) is 0 Å². The molecule has 18 heavy (non-hydrogen) atoms. The Morgan fingerprint density at radius 1 is 1.28 bits per heavy atom. The molecule has 0 aliphatic heterocycles. The van der Waals surface area contributed by atoms with Gasteiger partial charge in [-0.2, -0.15) is 4.98 Å². The Bertz CT molecular complexity index is 576. The van der Waals surface area contributed by atoms with E-state index in [1.54, 1.807) is 0 Å². The maximum atomic E-state index is 5.61. The van der Waals surface area contributed by atoms with Gasteiger partial charge in [0.2, 0.25) is 5.88 Å². The third kappa shape index (κ3) is 2.21. The van der Waals surface area contributed by atoms with E-state index in [4.69, 9.17) is 4.74 Å². The summed E-state index contributed by atoms with van der Waals surface area (Å²) >= 11 is 0. The standard InChI is InChI=1S/C15H18N2O/c1-5-15(3,4)14-16-12-10-8-7-9-11(12)13(17-14)18-6-2/h5,7-10H,1,6H2,2-4H3. The van der Waals surface area contributed by atoms with Crippen molar-refractivity contribution in [2.75, 3.05) is 6.61 Å². The normalized spacial score (nSPS) is 11.5. The molecule has 1 aromatic heterocycles. The second-order valence-corrected chi connectivity index (χ2v) is 4.73. The van der Waals surface area contributed by atoms with E-state index in [0.717, 1.165) is 16.7 Å². The van der Waals surface area contributed by atoms with Crippen LogP contribution in [0.1, 0.15) is 26.6 Å². The number of hydrogen-bond acceptors (Lipinski definition) is 3. The van der Waals surface area contributed by atoms with Gasteiger partial charge in [-0.25, -0.2) is 4.98 Å². The van der Waals surface area contributed by atoms with Crippen LogP contribution in [0.25, 0.3) is 10.9 Å². The molecule has 0 atom stereocenters. The summed E-state index contributed by atoms with van der Waals surface area (Å²) in [4.78, 5) is 9.13. The maximum absolute atomic E-state index is 5.61. The lowest BCUT2D eigenvalue weighted by atomic mass is 9.92. The van der Waals surface area contributed by atoms with Crippen molar-refractivity contribution in [1.29, 1.82) is 0 Å². The van der Waals surface area contributed by atoms with E-state index < -0.39 is 0 Å². The highest BCUT2D eigenvalue weighted by atomic mass is 16.5. The molecule has 1 heterocycles. The van der Waals surface area contributed by atoms with E-state index in [2.05, 4.69) is 16.5 Å². The highest BCUT2D eigenvalue weighted by molar-refractivity contribution is 5.83. The summed E-state index contributed by atoms with van der Waals surface area (Å²) in [6.07, 6.45) is 1.85. The quantitative estimate of drug-likeness (QED) is 0.770. The number of aromatic nitrogens is 2. The molecule has 0 unspecified atom stereocenters. The Kier molecular flexibility index (Phi) is 3.32. The smallest absolute Gasteiger partial charge is 0.224 e. The number of nitrogens with zero attached hydrogens (tertiary/aromatic N) is 2. The van der Waals surface area contributed by atoms with Crippen LogP contribution >= 0.6 is 0 Å². The molecule has 0 bridgehead atoms. The lowest BCUT2D eigenvalue weighted by Gasteiger charge is -2.19. The molecule has 0 spiro atoms. The van der Waals surface area contributed by atoms with Crippen LogP contribution in [0.5, 0.6) is 5.88 Å². The highest BCUT2D eigenvalue weighted by Gasteiger charge is 2.22. The van der Waals surface area contributed by atoms with Crippen molar-refractivity contribution in [1.82, 2.24) is 9.97 Å². The van der Waals surface area contributed by atoms with E-state index in [1.165, 1.54) is 0 Å². The molecule has 3 nitrogen and oxygen atoms in total. The van der Waals surface area contributed by atoms with Crippen molar-refractivity contribution in [3.05, 3.63) is 42.7 Å². The van der Waals surface area contributed by atoms with Crippen molar-refractivity contribution in [3.63, 3.8) is 0 Å². The first-order chi connectivity index (χ1) is 8.58. The van der Waals surface area contributed by atoms with E-state index in [9.17, 15) is 0 Å². The van der Waals surface area contributed by atoms with Gasteiger partial charge in [-0.3, -0.25) is 0 Å². The minimum absolute atomic E-state index is 0.268. The Hall–Kier alpha value is -1.90. The highest BCUT2D eigenvalue weighted by Crippen LogP contribution is 2.28. The number of hydrogen-bond donors (Lipinski definition) is 0. The molecule has 0 aliphatic rings. The predicted octanol–water partition coefficient (Wildman–Crippen LogP) is 3.49. The number of para-hydroxylation sites is 1. The van der Waals surface area contributed by atoms with Crippen molar-refractivity contribution in [3.8, 4) is 5.88 Å². The summed E-state index contributed by atoms with van der Waals surface area (Å²) in [6.45, 7) is 10.5. The fourth-order valence-corrected chi connectivity index (χ4v) is 1.67. The first-order valence-corrected chi connectivity index (χ1v) is 6.12. The Morgan fingerprint density at radius 3 is 2.67 bits per heavy atom. The van der Waals surface area contributed by atoms with Gasteiger partial charge in [0.1, 0.15) is 5.82 Å². The molecular formula is C15H18N2O. The summed E-state index contributed by atoms with van der Waals surface area (Å²) in [6, 6.07) is 7.88. The second-order valence-electron chi connectivity index (χ2n) is 4.73. The van der Waals surface area contributed by atoms with Gasteiger partial charge in [0.05, 0.1) is 17.5 Å². The molecular weight excluding hydrogens is 224 g/mol. The maximum Gasteiger partial charge on any atom is 0.224 e. The molecule has 3 heteroatoms. The average molecular weight is 242 g/mol. The van der Waals surface area contributed by atoms with E-state index in [1.807, 2.05) is 51.1 Å². The van der Waals surface area contributed by atoms with Gasteiger partial charge >= 0.3 is 0 Å².